The van der Waals surface area contributed by atoms with E-state index in [2.05, 4.69) is 28.4 Å². The maximum Gasteiger partial charge on any atom is 0.234 e. The minimum atomic E-state index is -0.265. The number of thiazole rings is 1. The van der Waals surface area contributed by atoms with Gasteiger partial charge in [0, 0.05) is 5.92 Å². The lowest BCUT2D eigenvalue weighted by atomic mass is 9.97. The number of rotatable bonds is 5. The fraction of sp³-hybridized carbons (Fsp3) is 0.364. The molecular weight excluding hydrogens is 373 g/mol. The summed E-state index contributed by atoms with van der Waals surface area (Å²) >= 11 is 1.79. The van der Waals surface area contributed by atoms with Crippen LogP contribution in [0.15, 0.2) is 48.5 Å². The van der Waals surface area contributed by atoms with E-state index in [1.165, 1.54) is 21.8 Å². The molecule has 6 heteroatoms. The summed E-state index contributed by atoms with van der Waals surface area (Å²) in [7, 11) is 0. The van der Waals surface area contributed by atoms with E-state index in [0.29, 0.717) is 12.5 Å². The van der Waals surface area contributed by atoms with Gasteiger partial charge in [-0.1, -0.05) is 24.3 Å². The molecule has 28 heavy (non-hydrogen) atoms. The van der Waals surface area contributed by atoms with Crippen molar-refractivity contribution in [1.82, 2.24) is 15.2 Å². The van der Waals surface area contributed by atoms with Crippen molar-refractivity contribution in [2.45, 2.75) is 31.7 Å². The lowest BCUT2D eigenvalue weighted by molar-refractivity contribution is -0.123. The van der Waals surface area contributed by atoms with Crippen LogP contribution < -0.4 is 5.32 Å². The van der Waals surface area contributed by atoms with Crippen LogP contribution in [0, 0.1) is 5.82 Å². The zero-order valence-corrected chi connectivity index (χ0v) is 16.7. The molecule has 1 saturated heterocycles. The number of para-hydroxylation sites is 1. The molecule has 0 spiro atoms. The van der Waals surface area contributed by atoms with Gasteiger partial charge < -0.3 is 5.32 Å². The highest BCUT2D eigenvalue weighted by atomic mass is 32.1. The molecule has 3 aromatic rings. The molecule has 1 atom stereocenters. The standard InChI is InChI=1S/C22H24FN3OS/c1-15(16-6-8-18(23)9-7-16)24-21(27)14-26-12-10-17(11-13-26)22-25-19-4-2-3-5-20(19)28-22/h2-9,15,17H,10-14H2,1H3,(H,24,27). The molecule has 4 rings (SSSR count). The Morgan fingerprint density at radius 1 is 1.21 bits per heavy atom. The Morgan fingerprint density at radius 3 is 2.64 bits per heavy atom. The molecule has 146 valence electrons. The molecule has 0 radical (unpaired) electrons. The Labute approximate surface area is 168 Å². The quantitative estimate of drug-likeness (QED) is 0.690. The molecular formula is C22H24FN3OS. The Bertz CT molecular complexity index is 915. The maximum atomic E-state index is 13.0. The highest BCUT2D eigenvalue weighted by Crippen LogP contribution is 2.33. The number of aromatic nitrogens is 1. The van der Waals surface area contributed by atoms with Gasteiger partial charge >= 0.3 is 0 Å². The van der Waals surface area contributed by atoms with Gasteiger partial charge in [0.1, 0.15) is 5.82 Å². The molecule has 1 aliphatic heterocycles. The summed E-state index contributed by atoms with van der Waals surface area (Å²) in [6.07, 6.45) is 2.06. The van der Waals surface area contributed by atoms with Crippen LogP contribution in [0.25, 0.3) is 10.2 Å². The van der Waals surface area contributed by atoms with Crippen LogP contribution in [0.1, 0.15) is 42.3 Å². The molecule has 2 aromatic carbocycles. The number of carbonyl (C=O) groups excluding carboxylic acids is 1. The smallest absolute Gasteiger partial charge is 0.234 e. The number of piperidine rings is 1. The largest absolute Gasteiger partial charge is 0.348 e. The number of hydrogen-bond donors (Lipinski definition) is 1. The second-order valence-corrected chi connectivity index (χ2v) is 8.47. The predicted octanol–water partition coefficient (Wildman–Crippen LogP) is 4.49. The minimum Gasteiger partial charge on any atom is -0.348 e. The fourth-order valence-electron chi connectivity index (χ4n) is 3.73. The molecule has 1 amide bonds. The van der Waals surface area contributed by atoms with Gasteiger partial charge in [-0.3, -0.25) is 9.69 Å². The highest BCUT2D eigenvalue weighted by molar-refractivity contribution is 7.18. The van der Waals surface area contributed by atoms with E-state index in [-0.39, 0.29) is 17.8 Å². The Balaban J connectivity index is 1.27. The van der Waals surface area contributed by atoms with Gasteiger partial charge in [-0.25, -0.2) is 9.37 Å². The van der Waals surface area contributed by atoms with Crippen molar-refractivity contribution in [3.05, 3.63) is 64.9 Å². The van der Waals surface area contributed by atoms with Crippen LogP contribution >= 0.6 is 11.3 Å². The van der Waals surface area contributed by atoms with Gasteiger partial charge in [0.25, 0.3) is 0 Å². The van der Waals surface area contributed by atoms with Crippen LogP contribution in [0.2, 0.25) is 0 Å². The zero-order valence-electron chi connectivity index (χ0n) is 15.9. The molecule has 1 N–H and O–H groups in total. The number of halogens is 1. The number of nitrogens with zero attached hydrogens (tertiary/aromatic N) is 2. The van der Waals surface area contributed by atoms with Crippen LogP contribution in [0.5, 0.6) is 0 Å². The molecule has 1 fully saturated rings. The SMILES string of the molecule is CC(NC(=O)CN1CCC(c2nc3ccccc3s2)CC1)c1ccc(F)cc1. The predicted molar refractivity (Wildman–Crippen MR) is 111 cm³/mol. The number of hydrogen-bond acceptors (Lipinski definition) is 4. The Hall–Kier alpha value is -2.31. The third kappa shape index (κ3) is 4.39. The molecule has 1 unspecified atom stereocenters. The minimum absolute atomic E-state index is 0.00950. The summed E-state index contributed by atoms with van der Waals surface area (Å²) in [5, 5.41) is 4.23. The van der Waals surface area contributed by atoms with E-state index in [4.69, 9.17) is 4.98 Å². The number of fused-ring (bicyclic) bond motifs is 1. The van der Waals surface area contributed by atoms with Gasteiger partial charge in [0.2, 0.25) is 5.91 Å². The first-order valence-electron chi connectivity index (χ1n) is 9.71. The topological polar surface area (TPSA) is 45.2 Å². The molecule has 4 nitrogen and oxygen atoms in total. The van der Waals surface area contributed by atoms with Crippen LogP contribution in [0.4, 0.5) is 4.39 Å². The highest BCUT2D eigenvalue weighted by Gasteiger charge is 2.24. The van der Waals surface area contributed by atoms with E-state index in [9.17, 15) is 9.18 Å². The van der Waals surface area contributed by atoms with Crippen molar-refractivity contribution in [3.63, 3.8) is 0 Å². The molecule has 1 aromatic heterocycles. The number of nitrogens with one attached hydrogen (secondary N) is 1. The van der Waals surface area contributed by atoms with Crippen LogP contribution in [-0.4, -0.2) is 35.4 Å². The molecule has 0 saturated carbocycles. The Morgan fingerprint density at radius 2 is 1.93 bits per heavy atom. The maximum absolute atomic E-state index is 13.0. The van der Waals surface area contributed by atoms with Crippen molar-refractivity contribution >= 4 is 27.5 Å². The summed E-state index contributed by atoms with van der Waals surface area (Å²) in [6, 6.07) is 14.4. The van der Waals surface area contributed by atoms with Crippen LogP contribution in [0.3, 0.4) is 0 Å². The summed E-state index contributed by atoms with van der Waals surface area (Å²) in [5.74, 6) is 0.225. The van der Waals surface area contributed by atoms with E-state index in [1.54, 1.807) is 23.5 Å². The average molecular weight is 398 g/mol. The molecule has 0 bridgehead atoms. The van der Waals surface area contributed by atoms with Crippen molar-refractivity contribution in [2.24, 2.45) is 0 Å². The van der Waals surface area contributed by atoms with Gasteiger partial charge in [-0.05, 0) is 62.7 Å². The van der Waals surface area contributed by atoms with Crippen molar-refractivity contribution in [2.75, 3.05) is 19.6 Å². The average Bonchev–Trinajstić information content (AvgIpc) is 3.13. The summed E-state index contributed by atoms with van der Waals surface area (Å²) in [4.78, 5) is 19.4. The second-order valence-electron chi connectivity index (χ2n) is 7.41. The summed E-state index contributed by atoms with van der Waals surface area (Å²) in [6.45, 7) is 4.13. The number of amides is 1. The summed E-state index contributed by atoms with van der Waals surface area (Å²) in [5.41, 5.74) is 1.99. The van der Waals surface area contributed by atoms with Crippen molar-refractivity contribution in [3.8, 4) is 0 Å². The normalized spacial score (nSPS) is 16.9. The third-order valence-corrected chi connectivity index (χ3v) is 6.56. The Kier molecular flexibility index (Phi) is 5.69. The van der Waals surface area contributed by atoms with Gasteiger partial charge in [-0.15, -0.1) is 11.3 Å². The van der Waals surface area contributed by atoms with E-state index in [0.717, 1.165) is 37.0 Å². The number of likely N-dealkylation sites (tertiary alicyclic amines) is 1. The monoisotopic (exact) mass is 397 g/mol. The summed E-state index contributed by atoms with van der Waals surface area (Å²) < 4.78 is 14.3. The second kappa shape index (κ2) is 8.37. The van der Waals surface area contributed by atoms with Crippen molar-refractivity contribution < 1.29 is 9.18 Å². The number of benzene rings is 2. The van der Waals surface area contributed by atoms with Gasteiger partial charge in [0.05, 0.1) is 27.8 Å². The molecule has 2 heterocycles. The molecule has 0 aliphatic carbocycles. The first kappa shape index (κ1) is 19.0. The number of carbonyl (C=O) groups is 1. The van der Waals surface area contributed by atoms with E-state index < -0.39 is 0 Å². The zero-order chi connectivity index (χ0) is 19.5. The van der Waals surface area contributed by atoms with Crippen LogP contribution in [-0.2, 0) is 4.79 Å². The molecule has 1 aliphatic rings. The lowest BCUT2D eigenvalue weighted by Gasteiger charge is -2.30. The van der Waals surface area contributed by atoms with E-state index >= 15 is 0 Å². The van der Waals surface area contributed by atoms with E-state index in [1.807, 2.05) is 13.0 Å². The fourth-order valence-corrected chi connectivity index (χ4v) is 4.86. The van der Waals surface area contributed by atoms with Gasteiger partial charge in [-0.2, -0.15) is 0 Å². The first-order valence-corrected chi connectivity index (χ1v) is 10.5. The third-order valence-electron chi connectivity index (χ3n) is 5.36. The van der Waals surface area contributed by atoms with Gasteiger partial charge in [0.15, 0.2) is 0 Å². The van der Waals surface area contributed by atoms with Crippen molar-refractivity contribution in [1.29, 1.82) is 0 Å². The lowest BCUT2D eigenvalue weighted by Crippen LogP contribution is -2.41. The first-order chi connectivity index (χ1) is 13.6.